The Hall–Kier alpha value is -1.46. The Bertz CT molecular complexity index is 500. The maximum atomic E-state index is 13.4. The highest BCUT2D eigenvalue weighted by Gasteiger charge is 2.28. The van der Waals surface area contributed by atoms with Crippen LogP contribution in [0.25, 0.3) is 0 Å². The van der Waals surface area contributed by atoms with Gasteiger partial charge in [-0.1, -0.05) is 0 Å². The fourth-order valence-corrected chi connectivity index (χ4v) is 3.28. The van der Waals surface area contributed by atoms with E-state index >= 15 is 0 Å². The first-order valence-corrected chi connectivity index (χ1v) is 7.65. The first-order valence-electron chi connectivity index (χ1n) is 7.65. The van der Waals surface area contributed by atoms with E-state index in [1.165, 1.54) is 18.6 Å². The molecule has 0 radical (unpaired) electrons. The predicted molar refractivity (Wildman–Crippen MR) is 79.9 cm³/mol. The molecule has 2 aliphatic heterocycles. The third-order valence-corrected chi connectivity index (χ3v) is 4.44. The number of benzene rings is 1. The molecule has 1 aromatic carbocycles. The van der Waals surface area contributed by atoms with Crippen molar-refractivity contribution in [1.29, 1.82) is 0 Å². The number of hydrogen-bond donors (Lipinski definition) is 1. The number of aryl methyl sites for hydroxylation is 1. The predicted octanol–water partition coefficient (Wildman–Crippen LogP) is 1.25. The number of nitrogens with zero attached hydrogens (tertiary/aromatic N) is 2. The monoisotopic (exact) mass is 291 g/mol. The zero-order valence-electron chi connectivity index (χ0n) is 12.4. The molecule has 4 nitrogen and oxygen atoms in total. The lowest BCUT2D eigenvalue weighted by molar-refractivity contribution is 0.0583. The van der Waals surface area contributed by atoms with E-state index in [0.717, 1.165) is 44.8 Å². The SMILES string of the molecule is Cc1cc(F)cc(C(=O)N2CCN(C3CCNC3)CC2)c1. The smallest absolute Gasteiger partial charge is 0.254 e. The summed E-state index contributed by atoms with van der Waals surface area (Å²) in [4.78, 5) is 16.8. The van der Waals surface area contributed by atoms with Gasteiger partial charge in [0, 0.05) is 44.3 Å². The van der Waals surface area contributed by atoms with Crippen LogP contribution in [0, 0.1) is 12.7 Å². The van der Waals surface area contributed by atoms with Gasteiger partial charge in [0.25, 0.3) is 5.91 Å². The minimum atomic E-state index is -0.339. The Morgan fingerprint density at radius 2 is 2.00 bits per heavy atom. The van der Waals surface area contributed by atoms with Crippen LogP contribution < -0.4 is 5.32 Å². The summed E-state index contributed by atoms with van der Waals surface area (Å²) in [6, 6.07) is 5.15. The summed E-state index contributed by atoms with van der Waals surface area (Å²) >= 11 is 0. The largest absolute Gasteiger partial charge is 0.336 e. The molecule has 3 rings (SSSR count). The highest BCUT2D eigenvalue weighted by Crippen LogP contribution is 2.15. The highest BCUT2D eigenvalue weighted by molar-refractivity contribution is 5.94. The molecule has 0 spiro atoms. The van der Waals surface area contributed by atoms with Crippen molar-refractivity contribution in [3.05, 3.63) is 35.1 Å². The fourth-order valence-electron chi connectivity index (χ4n) is 3.28. The van der Waals surface area contributed by atoms with Crippen LogP contribution in [-0.4, -0.2) is 61.0 Å². The average Bonchev–Trinajstić information content (AvgIpc) is 3.00. The molecule has 0 bridgehead atoms. The molecule has 1 N–H and O–H groups in total. The fraction of sp³-hybridized carbons (Fsp3) is 0.562. The zero-order chi connectivity index (χ0) is 14.8. The van der Waals surface area contributed by atoms with Crippen LogP contribution in [0.5, 0.6) is 0 Å². The molecule has 0 aliphatic carbocycles. The number of carbonyl (C=O) groups is 1. The Labute approximate surface area is 124 Å². The van der Waals surface area contributed by atoms with E-state index in [-0.39, 0.29) is 11.7 Å². The molecule has 2 aliphatic rings. The molecule has 21 heavy (non-hydrogen) atoms. The molecule has 2 heterocycles. The molecule has 2 saturated heterocycles. The molecular weight excluding hydrogens is 269 g/mol. The summed E-state index contributed by atoms with van der Waals surface area (Å²) in [6.07, 6.45) is 1.19. The molecule has 2 fully saturated rings. The topological polar surface area (TPSA) is 35.6 Å². The van der Waals surface area contributed by atoms with E-state index in [1.807, 2.05) is 11.8 Å². The van der Waals surface area contributed by atoms with Crippen LogP contribution in [-0.2, 0) is 0 Å². The van der Waals surface area contributed by atoms with E-state index in [1.54, 1.807) is 6.07 Å². The summed E-state index contributed by atoms with van der Waals surface area (Å²) in [6.45, 7) is 7.23. The third-order valence-electron chi connectivity index (χ3n) is 4.44. The number of piperazine rings is 1. The van der Waals surface area contributed by atoms with Crippen molar-refractivity contribution in [3.8, 4) is 0 Å². The summed E-state index contributed by atoms with van der Waals surface area (Å²) in [7, 11) is 0. The maximum Gasteiger partial charge on any atom is 0.254 e. The van der Waals surface area contributed by atoms with Gasteiger partial charge in [-0.25, -0.2) is 4.39 Å². The van der Waals surface area contributed by atoms with Crippen molar-refractivity contribution in [2.24, 2.45) is 0 Å². The highest BCUT2D eigenvalue weighted by atomic mass is 19.1. The van der Waals surface area contributed by atoms with Crippen LogP contribution in [0.15, 0.2) is 18.2 Å². The van der Waals surface area contributed by atoms with Crippen LogP contribution in [0.4, 0.5) is 4.39 Å². The summed E-state index contributed by atoms with van der Waals surface area (Å²) < 4.78 is 13.4. The minimum absolute atomic E-state index is 0.0539. The van der Waals surface area contributed by atoms with Crippen molar-refractivity contribution in [2.45, 2.75) is 19.4 Å². The van der Waals surface area contributed by atoms with E-state index in [9.17, 15) is 9.18 Å². The number of carbonyl (C=O) groups excluding carboxylic acids is 1. The van der Waals surface area contributed by atoms with Gasteiger partial charge in [0.1, 0.15) is 5.82 Å². The Morgan fingerprint density at radius 3 is 2.62 bits per heavy atom. The van der Waals surface area contributed by atoms with Crippen molar-refractivity contribution in [3.63, 3.8) is 0 Å². The van der Waals surface area contributed by atoms with Gasteiger partial charge >= 0.3 is 0 Å². The Balaban J connectivity index is 1.62. The average molecular weight is 291 g/mol. The lowest BCUT2D eigenvalue weighted by Crippen LogP contribution is -2.52. The van der Waals surface area contributed by atoms with Gasteiger partial charge in [0.2, 0.25) is 0 Å². The maximum absolute atomic E-state index is 13.4. The van der Waals surface area contributed by atoms with Crippen LogP contribution in [0.1, 0.15) is 22.3 Å². The normalized spacial score (nSPS) is 23.5. The molecule has 0 aromatic heterocycles. The number of rotatable bonds is 2. The minimum Gasteiger partial charge on any atom is -0.336 e. The molecule has 1 atom stereocenters. The Kier molecular flexibility index (Phi) is 4.22. The molecule has 1 amide bonds. The number of halogens is 1. The zero-order valence-corrected chi connectivity index (χ0v) is 12.4. The van der Waals surface area contributed by atoms with Crippen LogP contribution >= 0.6 is 0 Å². The van der Waals surface area contributed by atoms with Gasteiger partial charge in [0.05, 0.1) is 0 Å². The molecule has 0 saturated carbocycles. The lowest BCUT2D eigenvalue weighted by atomic mass is 10.1. The third kappa shape index (κ3) is 3.24. The van der Waals surface area contributed by atoms with Crippen molar-refractivity contribution in [2.75, 3.05) is 39.3 Å². The van der Waals surface area contributed by atoms with E-state index in [2.05, 4.69) is 10.2 Å². The Morgan fingerprint density at radius 1 is 1.24 bits per heavy atom. The van der Waals surface area contributed by atoms with E-state index in [0.29, 0.717) is 11.6 Å². The lowest BCUT2D eigenvalue weighted by Gasteiger charge is -2.37. The number of nitrogens with one attached hydrogen (secondary N) is 1. The summed E-state index contributed by atoms with van der Waals surface area (Å²) in [5.74, 6) is -0.393. The quantitative estimate of drug-likeness (QED) is 0.891. The van der Waals surface area contributed by atoms with Gasteiger partial charge in [-0.05, 0) is 43.7 Å². The second-order valence-electron chi connectivity index (χ2n) is 5.99. The molecule has 1 aromatic rings. The van der Waals surface area contributed by atoms with Gasteiger partial charge in [0.15, 0.2) is 0 Å². The molecule has 5 heteroatoms. The van der Waals surface area contributed by atoms with Crippen LogP contribution in [0.3, 0.4) is 0 Å². The van der Waals surface area contributed by atoms with Gasteiger partial charge in [-0.15, -0.1) is 0 Å². The van der Waals surface area contributed by atoms with Crippen molar-refractivity contribution in [1.82, 2.24) is 15.1 Å². The second kappa shape index (κ2) is 6.12. The van der Waals surface area contributed by atoms with Crippen LogP contribution in [0.2, 0.25) is 0 Å². The summed E-state index contributed by atoms with van der Waals surface area (Å²) in [5, 5.41) is 3.38. The first kappa shape index (κ1) is 14.5. The van der Waals surface area contributed by atoms with E-state index in [4.69, 9.17) is 0 Å². The molecular formula is C16H22FN3O. The van der Waals surface area contributed by atoms with Gasteiger partial charge in [-0.3, -0.25) is 9.69 Å². The standard InChI is InChI=1S/C16H22FN3O/c1-12-8-13(10-14(17)9-12)16(21)20-6-4-19(5-7-20)15-2-3-18-11-15/h8-10,15,18H,2-7,11H2,1H3. The molecule has 114 valence electrons. The van der Waals surface area contributed by atoms with E-state index < -0.39 is 0 Å². The van der Waals surface area contributed by atoms with Crippen molar-refractivity contribution >= 4 is 5.91 Å². The second-order valence-corrected chi connectivity index (χ2v) is 5.99. The first-order chi connectivity index (χ1) is 10.1. The van der Waals surface area contributed by atoms with Crippen molar-refractivity contribution < 1.29 is 9.18 Å². The number of amides is 1. The van der Waals surface area contributed by atoms with Gasteiger partial charge < -0.3 is 10.2 Å². The van der Waals surface area contributed by atoms with Gasteiger partial charge in [-0.2, -0.15) is 0 Å². The number of hydrogen-bond acceptors (Lipinski definition) is 3. The molecule has 1 unspecified atom stereocenters. The summed E-state index contributed by atoms with van der Waals surface area (Å²) in [5.41, 5.74) is 1.25.